The van der Waals surface area contributed by atoms with E-state index in [0.29, 0.717) is 37.3 Å². The maximum absolute atomic E-state index is 15.0. The average molecular weight is 973 g/mol. The molecule has 4 amide bonds. The van der Waals surface area contributed by atoms with Crippen LogP contribution in [0.3, 0.4) is 0 Å². The van der Waals surface area contributed by atoms with E-state index in [1.807, 2.05) is 25.1 Å². The van der Waals surface area contributed by atoms with Gasteiger partial charge in [0, 0.05) is 74.8 Å². The van der Waals surface area contributed by atoms with Gasteiger partial charge in [0.25, 0.3) is 5.91 Å². The Balaban J connectivity index is 1.09. The van der Waals surface area contributed by atoms with Crippen LogP contribution < -0.4 is 16.1 Å². The first-order valence-corrected chi connectivity index (χ1v) is 25.8. The number of pyridine rings is 1. The van der Waals surface area contributed by atoms with Gasteiger partial charge in [-0.15, -0.1) is 0 Å². The fourth-order valence-corrected chi connectivity index (χ4v) is 11.6. The van der Waals surface area contributed by atoms with Crippen molar-refractivity contribution in [3.63, 3.8) is 0 Å². The van der Waals surface area contributed by atoms with E-state index in [4.69, 9.17) is 14.5 Å². The lowest BCUT2D eigenvalue weighted by Gasteiger charge is -2.38. The summed E-state index contributed by atoms with van der Waals surface area (Å²) in [5.41, 5.74) is 9.62. The smallest absolute Gasteiger partial charge is 0.324 e. The standard InChI is InChI=1S/C55H72N8O8/c1-9-62-44-21-20-36-28-40(44)41(49(62)39-16-12-22-56-45(39)32(3)70-8)29-55(4,5)30-71-54(69)42-17-13-23-63(59-42)52(67)43(26-33-24-37(36)27-38(64)25-33)57-50(65)48(35-14-10-11-15-35)61(7)51(66)31(2)60(6)53(68)47-46(58-47)34-18-19-34/h12,16,20-22,24-25,27-28,31-32,34-35,42-43,46-48,58-59,64H,9-11,13-15,17-19,23,26,29-30H2,1-8H3,(H,57,65)/t31-,32-,42-,43-,46+,47+,48?/m0/s1. The second-order valence-corrected chi connectivity index (χ2v) is 21.6. The Labute approximate surface area is 417 Å². The van der Waals surface area contributed by atoms with Crippen LogP contribution in [0, 0.1) is 17.3 Å². The van der Waals surface area contributed by atoms with E-state index in [-0.39, 0.29) is 61.2 Å². The number of hydrazine groups is 1. The molecule has 9 rings (SSSR count). The van der Waals surface area contributed by atoms with E-state index in [1.165, 1.54) is 14.8 Å². The highest BCUT2D eigenvalue weighted by Crippen LogP contribution is 2.43. The summed E-state index contributed by atoms with van der Waals surface area (Å²) in [6.45, 7) is 11.0. The van der Waals surface area contributed by atoms with E-state index in [2.05, 4.69) is 59.6 Å². The van der Waals surface area contributed by atoms with Gasteiger partial charge in [-0.05, 0) is 136 Å². The number of phenolic OH excluding ortho intramolecular Hbond substituents is 1. The van der Waals surface area contributed by atoms with Gasteiger partial charge in [-0.2, -0.15) is 0 Å². The van der Waals surface area contributed by atoms with E-state index < -0.39 is 47.4 Å². The Morgan fingerprint density at radius 1 is 0.986 bits per heavy atom. The Morgan fingerprint density at radius 2 is 1.75 bits per heavy atom. The van der Waals surface area contributed by atoms with Gasteiger partial charge in [0.1, 0.15) is 36.0 Å². The predicted octanol–water partition coefficient (Wildman–Crippen LogP) is 6.07. The number of nitrogens with one attached hydrogen (secondary N) is 3. The number of likely N-dealkylation sites (N-methyl/N-ethyl adjacent to an activating group) is 2. The Hall–Kier alpha value is -5.84. The summed E-state index contributed by atoms with van der Waals surface area (Å²) in [5, 5.41) is 20.2. The van der Waals surface area contributed by atoms with Gasteiger partial charge >= 0.3 is 5.97 Å². The molecule has 2 aliphatic carbocycles. The normalized spacial score (nSPS) is 23.9. The summed E-state index contributed by atoms with van der Waals surface area (Å²) >= 11 is 0. The second-order valence-electron chi connectivity index (χ2n) is 21.6. The number of carbonyl (C=O) groups is 5. The first-order valence-electron chi connectivity index (χ1n) is 25.8. The number of rotatable bonds is 12. The number of ether oxygens (including phenoxy) is 2. The van der Waals surface area contributed by atoms with Crippen molar-refractivity contribution in [1.82, 2.24) is 40.4 Å². The molecular weight excluding hydrogens is 901 g/mol. The van der Waals surface area contributed by atoms with Crippen molar-refractivity contribution in [3.05, 3.63) is 71.5 Å². The van der Waals surface area contributed by atoms with Crippen LogP contribution in [-0.2, 0) is 52.8 Å². The molecule has 71 heavy (non-hydrogen) atoms. The minimum Gasteiger partial charge on any atom is -0.508 e. The number of amides is 4. The van der Waals surface area contributed by atoms with Crippen molar-refractivity contribution in [2.24, 2.45) is 17.3 Å². The van der Waals surface area contributed by atoms with Gasteiger partial charge in [0.05, 0.1) is 24.1 Å². The lowest BCUT2D eigenvalue weighted by Crippen LogP contribution is -2.62. The number of cyclic esters (lactones) is 1. The molecule has 5 aliphatic rings. The molecule has 2 saturated heterocycles. The second kappa shape index (κ2) is 20.3. The molecule has 2 aromatic heterocycles. The summed E-state index contributed by atoms with van der Waals surface area (Å²) in [6, 6.07) is 11.7. The van der Waals surface area contributed by atoms with Crippen molar-refractivity contribution in [2.45, 2.75) is 148 Å². The van der Waals surface area contributed by atoms with Crippen LogP contribution in [0.5, 0.6) is 5.75 Å². The monoisotopic (exact) mass is 973 g/mol. The zero-order valence-electron chi connectivity index (χ0n) is 42.6. The molecule has 2 aromatic carbocycles. The largest absolute Gasteiger partial charge is 0.508 e. The topological polar surface area (TPSA) is 198 Å². The predicted molar refractivity (Wildman–Crippen MR) is 270 cm³/mol. The molecule has 6 bridgehead atoms. The Bertz CT molecular complexity index is 2690. The van der Waals surface area contributed by atoms with Crippen LogP contribution in [-0.4, -0.2) is 130 Å². The number of esters is 1. The molecule has 380 valence electrons. The Kier molecular flexibility index (Phi) is 14.4. The van der Waals surface area contributed by atoms with Gasteiger partial charge in [-0.3, -0.25) is 39.3 Å². The first-order chi connectivity index (χ1) is 34.0. The number of aryl methyl sites for hydroxylation is 1. The third-order valence-electron chi connectivity index (χ3n) is 15.9. The van der Waals surface area contributed by atoms with Crippen molar-refractivity contribution >= 4 is 40.5 Å². The minimum absolute atomic E-state index is 0.00197. The van der Waals surface area contributed by atoms with Gasteiger partial charge in [-0.1, -0.05) is 38.8 Å². The highest BCUT2D eigenvalue weighted by Gasteiger charge is 2.52. The molecule has 16 heteroatoms. The van der Waals surface area contributed by atoms with Gasteiger partial charge in [0.15, 0.2) is 0 Å². The van der Waals surface area contributed by atoms with Gasteiger partial charge in [-0.25, -0.2) is 5.43 Å². The molecule has 0 radical (unpaired) electrons. The Morgan fingerprint density at radius 3 is 2.46 bits per heavy atom. The maximum Gasteiger partial charge on any atom is 0.324 e. The molecule has 0 spiro atoms. The number of hydrogen-bond acceptors (Lipinski definition) is 11. The molecule has 1 unspecified atom stereocenters. The number of benzene rings is 2. The first kappa shape index (κ1) is 50.1. The molecule has 5 heterocycles. The highest BCUT2D eigenvalue weighted by atomic mass is 16.5. The summed E-state index contributed by atoms with van der Waals surface area (Å²) in [6.07, 6.45) is 8.44. The molecule has 2 saturated carbocycles. The van der Waals surface area contributed by atoms with E-state index in [1.54, 1.807) is 46.5 Å². The number of methoxy groups -OCH3 is 1. The van der Waals surface area contributed by atoms with Crippen molar-refractivity contribution in [1.29, 1.82) is 0 Å². The van der Waals surface area contributed by atoms with Crippen LogP contribution in [0.4, 0.5) is 0 Å². The van der Waals surface area contributed by atoms with Crippen LogP contribution in [0.1, 0.15) is 109 Å². The summed E-state index contributed by atoms with van der Waals surface area (Å²) < 4.78 is 14.3. The fourth-order valence-electron chi connectivity index (χ4n) is 11.6. The number of hydrogen-bond donors (Lipinski definition) is 4. The third kappa shape index (κ3) is 10.3. The zero-order chi connectivity index (χ0) is 50.5. The van der Waals surface area contributed by atoms with Crippen molar-refractivity contribution in [3.8, 4) is 28.1 Å². The maximum atomic E-state index is 15.0. The number of carbonyl (C=O) groups excluding carboxylic acids is 5. The lowest BCUT2D eigenvalue weighted by atomic mass is 9.84. The number of phenols is 1. The molecule has 4 fully saturated rings. The molecule has 16 nitrogen and oxygen atoms in total. The van der Waals surface area contributed by atoms with Crippen LogP contribution in [0.2, 0.25) is 0 Å². The van der Waals surface area contributed by atoms with Crippen LogP contribution in [0.25, 0.3) is 33.3 Å². The quantitative estimate of drug-likeness (QED) is 0.0951. The van der Waals surface area contributed by atoms with E-state index >= 15 is 0 Å². The number of aromatic nitrogens is 2. The molecular formula is C55H72N8O8. The lowest BCUT2D eigenvalue weighted by molar-refractivity contribution is -0.155. The SMILES string of the molecule is CCn1c(-c2cccnc2[C@H](C)OC)c2c3cc(ccc31)-c1cc(O)cc(c1)C[C@H](NC(=O)C(C1CCCC1)N(C)C(=O)[C@H](C)N(C)C(=O)[C@@H]1N[C@@H]1C1CC1)C(=O)N1CCC[C@H](N1)C(=O)OCC(C)(C)C2. The van der Waals surface area contributed by atoms with Crippen LogP contribution in [0.15, 0.2) is 54.7 Å². The zero-order valence-corrected chi connectivity index (χ0v) is 42.6. The molecule has 4 N–H and O–H groups in total. The summed E-state index contributed by atoms with van der Waals surface area (Å²) in [7, 11) is 4.94. The summed E-state index contributed by atoms with van der Waals surface area (Å²) in [4.78, 5) is 79.6. The molecule has 7 atom stereocenters. The summed E-state index contributed by atoms with van der Waals surface area (Å²) in [5.74, 6) is -1.57. The molecule has 4 aromatic rings. The number of nitrogens with zero attached hydrogens (tertiary/aromatic N) is 5. The van der Waals surface area contributed by atoms with Crippen molar-refractivity contribution in [2.75, 3.05) is 34.4 Å². The van der Waals surface area contributed by atoms with E-state index in [9.17, 15) is 29.1 Å². The average Bonchev–Trinajstić information content (AvgIpc) is 4.29. The molecule has 3 aliphatic heterocycles. The van der Waals surface area contributed by atoms with Crippen molar-refractivity contribution < 1.29 is 38.6 Å². The van der Waals surface area contributed by atoms with Gasteiger partial charge < -0.3 is 34.3 Å². The van der Waals surface area contributed by atoms with E-state index in [0.717, 1.165) is 83.1 Å². The number of fused-ring (bicyclic) bond motifs is 6. The van der Waals surface area contributed by atoms with Crippen LogP contribution >= 0.6 is 0 Å². The van der Waals surface area contributed by atoms with Gasteiger partial charge in [0.2, 0.25) is 17.7 Å². The minimum atomic E-state index is -1.16. The third-order valence-corrected chi connectivity index (χ3v) is 15.9. The fraction of sp³-hybridized carbons (Fsp3) is 0.564. The highest BCUT2D eigenvalue weighted by molar-refractivity contribution is 5.97. The number of aromatic hydroxyl groups is 1.